The van der Waals surface area contributed by atoms with Gasteiger partial charge in [-0.2, -0.15) is 5.26 Å². The van der Waals surface area contributed by atoms with E-state index in [0.717, 1.165) is 0 Å². The van der Waals surface area contributed by atoms with Crippen LogP contribution < -0.4 is 4.74 Å². The smallest absolute Gasteiger partial charge is 0.135 e. The SMILES string of the molecule is COc1cc(C#N)ccc1C#CC(C)(C)O. The maximum Gasteiger partial charge on any atom is 0.135 e. The van der Waals surface area contributed by atoms with Gasteiger partial charge in [-0.25, -0.2) is 0 Å². The van der Waals surface area contributed by atoms with Gasteiger partial charge < -0.3 is 9.84 Å². The van der Waals surface area contributed by atoms with Crippen LogP contribution in [-0.2, 0) is 0 Å². The van der Waals surface area contributed by atoms with Crippen molar-refractivity contribution in [1.82, 2.24) is 0 Å². The molecule has 0 bridgehead atoms. The fraction of sp³-hybridized carbons (Fsp3) is 0.308. The number of ether oxygens (including phenoxy) is 1. The zero-order chi connectivity index (χ0) is 12.2. The van der Waals surface area contributed by atoms with Crippen molar-refractivity contribution in [1.29, 1.82) is 5.26 Å². The lowest BCUT2D eigenvalue weighted by Gasteiger charge is -2.07. The highest BCUT2D eigenvalue weighted by Gasteiger charge is 2.07. The van der Waals surface area contributed by atoms with Crippen molar-refractivity contribution in [3.05, 3.63) is 29.3 Å². The number of nitrogens with zero attached hydrogens (tertiary/aromatic N) is 1. The van der Waals surface area contributed by atoms with Crippen LogP contribution in [0, 0.1) is 23.2 Å². The molecule has 0 radical (unpaired) electrons. The van der Waals surface area contributed by atoms with Crippen LogP contribution in [0.4, 0.5) is 0 Å². The van der Waals surface area contributed by atoms with Crippen molar-refractivity contribution in [2.45, 2.75) is 19.4 Å². The first kappa shape index (κ1) is 12.1. The maximum atomic E-state index is 9.48. The molecule has 0 unspecified atom stereocenters. The lowest BCUT2D eigenvalue weighted by Crippen LogP contribution is -2.14. The van der Waals surface area contributed by atoms with Crippen LogP contribution in [0.2, 0.25) is 0 Å². The predicted molar refractivity (Wildman–Crippen MR) is 60.9 cm³/mol. The highest BCUT2D eigenvalue weighted by atomic mass is 16.5. The molecule has 1 aromatic carbocycles. The first-order chi connectivity index (χ1) is 7.46. The van der Waals surface area contributed by atoms with Crippen LogP contribution in [0.5, 0.6) is 5.75 Å². The Morgan fingerprint density at radius 3 is 2.56 bits per heavy atom. The second kappa shape index (κ2) is 4.70. The monoisotopic (exact) mass is 215 g/mol. The van der Waals surface area contributed by atoms with E-state index < -0.39 is 5.60 Å². The topological polar surface area (TPSA) is 53.2 Å². The number of aliphatic hydroxyl groups is 1. The standard InChI is InChI=1S/C13H13NO2/c1-13(2,15)7-6-11-5-4-10(9-14)8-12(11)16-3/h4-5,8,15H,1-3H3. The zero-order valence-electron chi connectivity index (χ0n) is 9.53. The van der Waals surface area contributed by atoms with Gasteiger partial charge in [0.15, 0.2) is 0 Å². The molecule has 0 amide bonds. The fourth-order valence-corrected chi connectivity index (χ4v) is 1.08. The Bertz CT molecular complexity index is 481. The second-order valence-corrected chi connectivity index (χ2v) is 3.84. The van der Waals surface area contributed by atoms with Gasteiger partial charge in [0.25, 0.3) is 0 Å². The van der Waals surface area contributed by atoms with Gasteiger partial charge in [0.1, 0.15) is 11.4 Å². The lowest BCUT2D eigenvalue weighted by atomic mass is 10.1. The van der Waals surface area contributed by atoms with Crippen LogP contribution in [0.1, 0.15) is 25.0 Å². The third-order valence-electron chi connectivity index (χ3n) is 1.83. The highest BCUT2D eigenvalue weighted by Crippen LogP contribution is 2.19. The Labute approximate surface area is 95.3 Å². The van der Waals surface area contributed by atoms with Gasteiger partial charge in [-0.3, -0.25) is 0 Å². The number of hydrogen-bond acceptors (Lipinski definition) is 3. The molecule has 0 aliphatic rings. The molecule has 0 spiro atoms. The summed E-state index contributed by atoms with van der Waals surface area (Å²) in [4.78, 5) is 0. The van der Waals surface area contributed by atoms with E-state index in [2.05, 4.69) is 11.8 Å². The predicted octanol–water partition coefficient (Wildman–Crippen LogP) is 1.69. The summed E-state index contributed by atoms with van der Waals surface area (Å²) >= 11 is 0. The Hall–Kier alpha value is -1.97. The van der Waals surface area contributed by atoms with Crippen molar-refractivity contribution in [2.75, 3.05) is 7.11 Å². The summed E-state index contributed by atoms with van der Waals surface area (Å²) in [7, 11) is 1.52. The molecule has 1 rings (SSSR count). The molecular formula is C13H13NO2. The van der Waals surface area contributed by atoms with Gasteiger partial charge in [-0.1, -0.05) is 11.8 Å². The Balaban J connectivity index is 3.15. The second-order valence-electron chi connectivity index (χ2n) is 3.84. The van der Waals surface area contributed by atoms with Crippen LogP contribution >= 0.6 is 0 Å². The van der Waals surface area contributed by atoms with E-state index in [1.807, 2.05) is 6.07 Å². The molecule has 0 saturated carbocycles. The van der Waals surface area contributed by atoms with E-state index in [-0.39, 0.29) is 0 Å². The van der Waals surface area contributed by atoms with Gasteiger partial charge in [0.05, 0.1) is 24.3 Å². The summed E-state index contributed by atoms with van der Waals surface area (Å²) in [5.74, 6) is 6.05. The Kier molecular flexibility index (Phi) is 3.55. The first-order valence-electron chi connectivity index (χ1n) is 4.80. The lowest BCUT2D eigenvalue weighted by molar-refractivity contribution is 0.143. The van der Waals surface area contributed by atoms with Crippen LogP contribution in [0.3, 0.4) is 0 Å². The number of methoxy groups -OCH3 is 1. The van der Waals surface area contributed by atoms with E-state index >= 15 is 0 Å². The van der Waals surface area contributed by atoms with Crippen molar-refractivity contribution >= 4 is 0 Å². The van der Waals surface area contributed by atoms with Crippen molar-refractivity contribution in [2.24, 2.45) is 0 Å². The van der Waals surface area contributed by atoms with Gasteiger partial charge >= 0.3 is 0 Å². The summed E-state index contributed by atoms with van der Waals surface area (Å²) < 4.78 is 5.12. The summed E-state index contributed by atoms with van der Waals surface area (Å²) in [5, 5.41) is 18.2. The van der Waals surface area contributed by atoms with Crippen LogP contribution in [0.25, 0.3) is 0 Å². The summed E-state index contributed by atoms with van der Waals surface area (Å²) in [5.41, 5.74) is 0.133. The molecule has 0 saturated heterocycles. The van der Waals surface area contributed by atoms with Gasteiger partial charge in [-0.05, 0) is 32.0 Å². The minimum absolute atomic E-state index is 0.519. The molecule has 0 fully saturated rings. The molecular weight excluding hydrogens is 202 g/mol. The summed E-state index contributed by atoms with van der Waals surface area (Å²) in [6.07, 6.45) is 0. The average molecular weight is 215 g/mol. The number of hydrogen-bond donors (Lipinski definition) is 1. The molecule has 0 atom stereocenters. The van der Waals surface area contributed by atoms with Gasteiger partial charge in [0.2, 0.25) is 0 Å². The molecule has 0 aromatic heterocycles. The molecule has 1 N–H and O–H groups in total. The van der Waals surface area contributed by atoms with Crippen LogP contribution in [0.15, 0.2) is 18.2 Å². The van der Waals surface area contributed by atoms with E-state index in [1.54, 1.807) is 32.0 Å². The molecule has 0 aliphatic carbocycles. The third-order valence-corrected chi connectivity index (χ3v) is 1.83. The average Bonchev–Trinajstić information content (AvgIpc) is 2.25. The number of nitriles is 1. The summed E-state index contributed by atoms with van der Waals surface area (Å²) in [6.45, 7) is 3.21. The normalized spacial score (nSPS) is 9.94. The van der Waals surface area contributed by atoms with Crippen LogP contribution in [-0.4, -0.2) is 17.8 Å². The molecule has 0 heterocycles. The van der Waals surface area contributed by atoms with E-state index in [4.69, 9.17) is 10.00 Å². The molecule has 1 aromatic rings. The van der Waals surface area contributed by atoms with Crippen molar-refractivity contribution in [3.8, 4) is 23.7 Å². The number of rotatable bonds is 1. The molecule has 0 aliphatic heterocycles. The Morgan fingerprint density at radius 1 is 1.38 bits per heavy atom. The third kappa shape index (κ3) is 3.31. The highest BCUT2D eigenvalue weighted by molar-refractivity contribution is 5.51. The molecule has 82 valence electrons. The van der Waals surface area contributed by atoms with Crippen molar-refractivity contribution < 1.29 is 9.84 Å². The fourth-order valence-electron chi connectivity index (χ4n) is 1.08. The molecule has 3 nitrogen and oxygen atoms in total. The Morgan fingerprint density at radius 2 is 2.06 bits per heavy atom. The largest absolute Gasteiger partial charge is 0.495 e. The zero-order valence-corrected chi connectivity index (χ0v) is 9.53. The number of benzene rings is 1. The molecule has 16 heavy (non-hydrogen) atoms. The minimum Gasteiger partial charge on any atom is -0.495 e. The van der Waals surface area contributed by atoms with Gasteiger partial charge in [0, 0.05) is 0 Å². The molecule has 3 heteroatoms. The first-order valence-corrected chi connectivity index (χ1v) is 4.80. The maximum absolute atomic E-state index is 9.48. The van der Waals surface area contributed by atoms with Crippen molar-refractivity contribution in [3.63, 3.8) is 0 Å². The van der Waals surface area contributed by atoms with E-state index in [1.165, 1.54) is 7.11 Å². The van der Waals surface area contributed by atoms with Gasteiger partial charge in [-0.15, -0.1) is 0 Å². The quantitative estimate of drug-likeness (QED) is 0.725. The van der Waals surface area contributed by atoms with E-state index in [9.17, 15) is 5.11 Å². The van der Waals surface area contributed by atoms with E-state index in [0.29, 0.717) is 16.9 Å². The summed E-state index contributed by atoms with van der Waals surface area (Å²) in [6, 6.07) is 7.01. The minimum atomic E-state index is -1.04.